The summed E-state index contributed by atoms with van der Waals surface area (Å²) in [5.41, 5.74) is 0. The Labute approximate surface area is 78.3 Å². The monoisotopic (exact) mass is 178 g/mol. The van der Waals surface area contributed by atoms with Gasteiger partial charge in [-0.25, -0.2) is 0 Å². The van der Waals surface area contributed by atoms with Crippen LogP contribution >= 0.6 is 0 Å². The van der Waals surface area contributed by atoms with Crippen molar-refractivity contribution in [3.63, 3.8) is 0 Å². The molecule has 0 bridgehead atoms. The third kappa shape index (κ3) is 3.28. The van der Waals surface area contributed by atoms with Crippen molar-refractivity contribution >= 4 is 5.97 Å². The molecule has 1 rings (SSSR count). The van der Waals surface area contributed by atoms with Gasteiger partial charge in [0.15, 0.2) is 0 Å². The van der Waals surface area contributed by atoms with Crippen LogP contribution in [0.15, 0.2) is 36.5 Å². The first-order chi connectivity index (χ1) is 6.20. The third-order valence-electron chi connectivity index (χ3n) is 2.10. The minimum Gasteiger partial charge on any atom is -0.481 e. The zero-order valence-electron chi connectivity index (χ0n) is 7.68. The minimum atomic E-state index is -0.723. The molecule has 2 heteroatoms. The lowest BCUT2D eigenvalue weighted by molar-refractivity contribution is -0.141. The summed E-state index contributed by atoms with van der Waals surface area (Å²) in [6.45, 7) is 1.74. The van der Waals surface area contributed by atoms with E-state index in [0.29, 0.717) is 6.42 Å². The Morgan fingerprint density at radius 2 is 1.85 bits per heavy atom. The molecule has 0 radical (unpaired) electrons. The molecule has 0 spiro atoms. The molecule has 13 heavy (non-hydrogen) atoms. The summed E-state index contributed by atoms with van der Waals surface area (Å²) in [7, 11) is 0. The van der Waals surface area contributed by atoms with Crippen LogP contribution in [0.2, 0.25) is 0 Å². The summed E-state index contributed by atoms with van der Waals surface area (Å²) in [5.74, 6) is -0.752. The van der Waals surface area contributed by atoms with Gasteiger partial charge in [-0.1, -0.05) is 43.4 Å². The van der Waals surface area contributed by atoms with Gasteiger partial charge in [0, 0.05) is 0 Å². The lowest BCUT2D eigenvalue weighted by Crippen LogP contribution is -2.12. The normalized spacial score (nSPS) is 18.5. The average molecular weight is 178 g/mol. The number of hydrogen-bond acceptors (Lipinski definition) is 1. The maximum atomic E-state index is 10.6. The van der Waals surface area contributed by atoms with E-state index in [9.17, 15) is 4.79 Å². The molecule has 0 heterocycles. The van der Waals surface area contributed by atoms with E-state index >= 15 is 0 Å². The SMILES string of the molecule is CC(CC1C=CC=CC=C1)C(=O)O. The maximum Gasteiger partial charge on any atom is 0.306 e. The molecule has 0 aliphatic heterocycles. The number of carbonyl (C=O) groups is 1. The Hall–Kier alpha value is -1.31. The number of carboxylic acid groups (broad SMARTS) is 1. The first-order valence-electron chi connectivity index (χ1n) is 4.44. The molecule has 0 saturated carbocycles. The molecule has 1 unspecified atom stereocenters. The molecule has 0 aromatic carbocycles. The van der Waals surface area contributed by atoms with E-state index in [0.717, 1.165) is 0 Å². The van der Waals surface area contributed by atoms with Crippen LogP contribution in [-0.4, -0.2) is 11.1 Å². The van der Waals surface area contributed by atoms with E-state index in [1.54, 1.807) is 6.92 Å². The lowest BCUT2D eigenvalue weighted by atomic mass is 9.95. The third-order valence-corrected chi connectivity index (χ3v) is 2.10. The highest BCUT2D eigenvalue weighted by atomic mass is 16.4. The first kappa shape index (κ1) is 9.78. The molecule has 1 N–H and O–H groups in total. The van der Waals surface area contributed by atoms with Gasteiger partial charge in [0.05, 0.1) is 5.92 Å². The fraction of sp³-hybridized carbons (Fsp3) is 0.364. The summed E-state index contributed by atoms with van der Waals surface area (Å²) in [6.07, 6.45) is 12.5. The Kier molecular flexibility index (Phi) is 3.50. The molecule has 70 valence electrons. The Morgan fingerprint density at radius 3 is 2.31 bits per heavy atom. The van der Waals surface area contributed by atoms with Gasteiger partial charge in [-0.15, -0.1) is 0 Å². The number of rotatable bonds is 3. The summed E-state index contributed by atoms with van der Waals surface area (Å²) in [6, 6.07) is 0. The topological polar surface area (TPSA) is 37.3 Å². The van der Waals surface area contributed by atoms with Gasteiger partial charge in [0.2, 0.25) is 0 Å². The van der Waals surface area contributed by atoms with Gasteiger partial charge < -0.3 is 5.11 Å². The highest BCUT2D eigenvalue weighted by Crippen LogP contribution is 2.16. The van der Waals surface area contributed by atoms with E-state index in [2.05, 4.69) is 0 Å². The predicted molar refractivity (Wildman–Crippen MR) is 52.3 cm³/mol. The molecule has 0 aromatic heterocycles. The number of hydrogen-bond donors (Lipinski definition) is 1. The summed E-state index contributed by atoms with van der Waals surface area (Å²) in [4.78, 5) is 10.6. The summed E-state index contributed by atoms with van der Waals surface area (Å²) >= 11 is 0. The minimum absolute atomic E-state index is 0.251. The maximum absolute atomic E-state index is 10.6. The van der Waals surface area contributed by atoms with Crippen LogP contribution in [0.3, 0.4) is 0 Å². The number of carboxylic acids is 1. The molecule has 0 amide bonds. The van der Waals surface area contributed by atoms with Crippen LogP contribution in [0.5, 0.6) is 0 Å². The first-order valence-corrected chi connectivity index (χ1v) is 4.44. The van der Waals surface area contributed by atoms with Crippen molar-refractivity contribution in [3.05, 3.63) is 36.5 Å². The molecular weight excluding hydrogens is 164 g/mol. The van der Waals surface area contributed by atoms with E-state index in [1.165, 1.54) is 0 Å². The molecule has 1 aliphatic carbocycles. The molecule has 0 aromatic rings. The largest absolute Gasteiger partial charge is 0.481 e. The number of allylic oxidation sites excluding steroid dienone is 6. The lowest BCUT2D eigenvalue weighted by Gasteiger charge is -2.10. The van der Waals surface area contributed by atoms with E-state index in [4.69, 9.17) is 5.11 Å². The van der Waals surface area contributed by atoms with Crippen LogP contribution < -0.4 is 0 Å². The van der Waals surface area contributed by atoms with E-state index in [-0.39, 0.29) is 11.8 Å². The van der Waals surface area contributed by atoms with Gasteiger partial charge >= 0.3 is 5.97 Å². The fourth-order valence-electron chi connectivity index (χ4n) is 1.27. The van der Waals surface area contributed by atoms with Gasteiger partial charge in [-0.05, 0) is 12.3 Å². The van der Waals surface area contributed by atoms with Crippen molar-refractivity contribution in [3.8, 4) is 0 Å². The van der Waals surface area contributed by atoms with E-state index < -0.39 is 5.97 Å². The molecule has 0 fully saturated rings. The van der Waals surface area contributed by atoms with Crippen molar-refractivity contribution < 1.29 is 9.90 Å². The van der Waals surface area contributed by atoms with Crippen molar-refractivity contribution in [1.29, 1.82) is 0 Å². The molecule has 2 nitrogen and oxygen atoms in total. The van der Waals surface area contributed by atoms with Gasteiger partial charge in [0.25, 0.3) is 0 Å². The fourth-order valence-corrected chi connectivity index (χ4v) is 1.27. The van der Waals surface area contributed by atoms with Gasteiger partial charge in [-0.2, -0.15) is 0 Å². The Morgan fingerprint density at radius 1 is 1.31 bits per heavy atom. The zero-order chi connectivity index (χ0) is 9.68. The zero-order valence-corrected chi connectivity index (χ0v) is 7.68. The second kappa shape index (κ2) is 4.65. The summed E-state index contributed by atoms with van der Waals surface area (Å²) in [5, 5.41) is 8.72. The number of aliphatic carboxylic acids is 1. The highest BCUT2D eigenvalue weighted by Gasteiger charge is 2.14. The van der Waals surface area contributed by atoms with E-state index in [1.807, 2.05) is 36.5 Å². The predicted octanol–water partition coefficient (Wildman–Crippen LogP) is 2.40. The van der Waals surface area contributed by atoms with Gasteiger partial charge in [0.1, 0.15) is 0 Å². The second-order valence-electron chi connectivity index (χ2n) is 3.29. The average Bonchev–Trinajstić information content (AvgIpc) is 2.32. The van der Waals surface area contributed by atoms with Crippen LogP contribution in [0.25, 0.3) is 0 Å². The standard InChI is InChI=1S/C11H14O2/c1-9(11(12)13)8-10-6-4-2-3-5-7-10/h2-7,9-10H,8H2,1H3,(H,12,13). The Balaban J connectivity index is 2.50. The van der Waals surface area contributed by atoms with Crippen LogP contribution in [0, 0.1) is 11.8 Å². The van der Waals surface area contributed by atoms with Crippen molar-refractivity contribution in [2.75, 3.05) is 0 Å². The van der Waals surface area contributed by atoms with Crippen LogP contribution in [0.4, 0.5) is 0 Å². The van der Waals surface area contributed by atoms with Crippen molar-refractivity contribution in [2.24, 2.45) is 11.8 Å². The quantitative estimate of drug-likeness (QED) is 0.720. The van der Waals surface area contributed by atoms with Gasteiger partial charge in [-0.3, -0.25) is 4.79 Å². The molecule has 1 atom stereocenters. The molecule has 0 saturated heterocycles. The molecular formula is C11H14O2. The molecule has 1 aliphatic rings. The second-order valence-corrected chi connectivity index (χ2v) is 3.29. The van der Waals surface area contributed by atoms with Crippen molar-refractivity contribution in [2.45, 2.75) is 13.3 Å². The van der Waals surface area contributed by atoms with Crippen LogP contribution in [-0.2, 0) is 4.79 Å². The smallest absolute Gasteiger partial charge is 0.306 e. The Bertz CT molecular complexity index is 245. The highest BCUT2D eigenvalue weighted by molar-refractivity contribution is 5.69. The van der Waals surface area contributed by atoms with Crippen LogP contribution in [0.1, 0.15) is 13.3 Å². The van der Waals surface area contributed by atoms with Crippen molar-refractivity contribution in [1.82, 2.24) is 0 Å². The summed E-state index contributed by atoms with van der Waals surface area (Å²) < 4.78 is 0.